The number of rotatable bonds is 5. The molecule has 2 atom stereocenters. The van der Waals surface area contributed by atoms with E-state index in [1.807, 2.05) is 37.3 Å². The van der Waals surface area contributed by atoms with Crippen molar-refractivity contribution in [1.29, 1.82) is 0 Å². The average molecular weight is 282 g/mol. The maximum absolute atomic E-state index is 12.2. The van der Waals surface area contributed by atoms with E-state index < -0.39 is 0 Å². The van der Waals surface area contributed by atoms with Crippen LogP contribution >= 0.6 is 0 Å². The van der Waals surface area contributed by atoms with Crippen molar-refractivity contribution in [3.05, 3.63) is 65.7 Å². The molecule has 2 aromatic rings. The van der Waals surface area contributed by atoms with Crippen LogP contribution in [-0.4, -0.2) is 11.9 Å². The predicted octanol–water partition coefficient (Wildman–Crippen LogP) is 3.67. The highest BCUT2D eigenvalue weighted by Crippen LogP contribution is 2.14. The SMILES string of the molecule is Cc1ccc([C@@H](C)NC(C)C(=O)Nc2ccccc2)cc1. The zero-order valence-corrected chi connectivity index (χ0v) is 12.8. The molecule has 0 aromatic heterocycles. The van der Waals surface area contributed by atoms with Crippen molar-refractivity contribution in [2.45, 2.75) is 32.9 Å². The lowest BCUT2D eigenvalue weighted by atomic mass is 10.1. The van der Waals surface area contributed by atoms with E-state index in [2.05, 4.69) is 48.7 Å². The molecule has 1 unspecified atom stereocenters. The molecule has 0 radical (unpaired) electrons. The van der Waals surface area contributed by atoms with Crippen molar-refractivity contribution in [2.75, 3.05) is 5.32 Å². The molecule has 0 aliphatic heterocycles. The van der Waals surface area contributed by atoms with E-state index in [4.69, 9.17) is 0 Å². The van der Waals surface area contributed by atoms with Crippen molar-refractivity contribution in [2.24, 2.45) is 0 Å². The summed E-state index contributed by atoms with van der Waals surface area (Å²) in [6.07, 6.45) is 0. The molecule has 0 aliphatic carbocycles. The Labute approximate surface area is 126 Å². The van der Waals surface area contributed by atoms with Gasteiger partial charge in [0.05, 0.1) is 6.04 Å². The first kappa shape index (κ1) is 15.3. The lowest BCUT2D eigenvalue weighted by Gasteiger charge is -2.20. The Morgan fingerprint density at radius 3 is 2.19 bits per heavy atom. The van der Waals surface area contributed by atoms with Crippen molar-refractivity contribution >= 4 is 11.6 Å². The first-order valence-electron chi connectivity index (χ1n) is 7.25. The first-order chi connectivity index (χ1) is 10.1. The molecule has 0 saturated heterocycles. The van der Waals surface area contributed by atoms with E-state index in [-0.39, 0.29) is 18.0 Å². The second-order valence-corrected chi connectivity index (χ2v) is 5.38. The number of carbonyl (C=O) groups excluding carboxylic acids is 1. The van der Waals surface area contributed by atoms with Gasteiger partial charge >= 0.3 is 0 Å². The molecular formula is C18H22N2O. The third-order valence-electron chi connectivity index (χ3n) is 3.51. The van der Waals surface area contributed by atoms with E-state index in [9.17, 15) is 4.79 Å². The second-order valence-electron chi connectivity index (χ2n) is 5.38. The zero-order valence-electron chi connectivity index (χ0n) is 12.8. The van der Waals surface area contributed by atoms with Crippen molar-refractivity contribution in [3.8, 4) is 0 Å². The summed E-state index contributed by atoms with van der Waals surface area (Å²) in [5, 5.41) is 6.23. The molecule has 21 heavy (non-hydrogen) atoms. The maximum Gasteiger partial charge on any atom is 0.241 e. The molecule has 1 amide bonds. The van der Waals surface area contributed by atoms with Crippen LogP contribution in [0, 0.1) is 6.92 Å². The highest BCUT2D eigenvalue weighted by Gasteiger charge is 2.16. The van der Waals surface area contributed by atoms with Gasteiger partial charge in [-0.15, -0.1) is 0 Å². The number of para-hydroxylation sites is 1. The van der Waals surface area contributed by atoms with Gasteiger partial charge < -0.3 is 5.32 Å². The van der Waals surface area contributed by atoms with Gasteiger partial charge in [-0.1, -0.05) is 48.0 Å². The van der Waals surface area contributed by atoms with Crippen LogP contribution in [0.15, 0.2) is 54.6 Å². The number of amides is 1. The van der Waals surface area contributed by atoms with Crippen LogP contribution in [0.5, 0.6) is 0 Å². The number of hydrogen-bond donors (Lipinski definition) is 2. The van der Waals surface area contributed by atoms with Crippen LogP contribution < -0.4 is 10.6 Å². The molecule has 2 aromatic carbocycles. The van der Waals surface area contributed by atoms with Gasteiger partial charge in [0, 0.05) is 11.7 Å². The van der Waals surface area contributed by atoms with Crippen LogP contribution in [0.2, 0.25) is 0 Å². The molecule has 3 heteroatoms. The van der Waals surface area contributed by atoms with Crippen molar-refractivity contribution in [3.63, 3.8) is 0 Å². The molecular weight excluding hydrogens is 260 g/mol. The van der Waals surface area contributed by atoms with Gasteiger partial charge in [0.25, 0.3) is 0 Å². The van der Waals surface area contributed by atoms with Crippen LogP contribution in [0.25, 0.3) is 0 Å². The quantitative estimate of drug-likeness (QED) is 0.878. The molecule has 0 bridgehead atoms. The van der Waals surface area contributed by atoms with Crippen molar-refractivity contribution in [1.82, 2.24) is 5.32 Å². The topological polar surface area (TPSA) is 41.1 Å². The molecule has 0 saturated carbocycles. The summed E-state index contributed by atoms with van der Waals surface area (Å²) in [6.45, 7) is 6.01. The summed E-state index contributed by atoms with van der Waals surface area (Å²) in [5.41, 5.74) is 3.24. The Hall–Kier alpha value is -2.13. The highest BCUT2D eigenvalue weighted by molar-refractivity contribution is 5.94. The van der Waals surface area contributed by atoms with Crippen LogP contribution in [0.1, 0.15) is 31.0 Å². The number of aryl methyl sites for hydroxylation is 1. The van der Waals surface area contributed by atoms with E-state index in [1.165, 1.54) is 11.1 Å². The highest BCUT2D eigenvalue weighted by atomic mass is 16.2. The number of carbonyl (C=O) groups is 1. The third kappa shape index (κ3) is 4.43. The summed E-state index contributed by atoms with van der Waals surface area (Å²) in [7, 11) is 0. The van der Waals surface area contributed by atoms with E-state index in [1.54, 1.807) is 0 Å². The van der Waals surface area contributed by atoms with Crippen LogP contribution in [0.3, 0.4) is 0 Å². The summed E-state index contributed by atoms with van der Waals surface area (Å²) >= 11 is 0. The smallest absolute Gasteiger partial charge is 0.241 e. The molecule has 3 nitrogen and oxygen atoms in total. The van der Waals surface area contributed by atoms with Gasteiger partial charge in [-0.2, -0.15) is 0 Å². The van der Waals surface area contributed by atoms with Crippen LogP contribution in [-0.2, 0) is 4.79 Å². The number of hydrogen-bond acceptors (Lipinski definition) is 2. The third-order valence-corrected chi connectivity index (χ3v) is 3.51. The van der Waals surface area contributed by atoms with Gasteiger partial charge in [-0.25, -0.2) is 0 Å². The van der Waals surface area contributed by atoms with Crippen molar-refractivity contribution < 1.29 is 4.79 Å². The van der Waals surface area contributed by atoms with Gasteiger partial charge in [0.1, 0.15) is 0 Å². The number of anilines is 1. The summed E-state index contributed by atoms with van der Waals surface area (Å²) in [4.78, 5) is 12.2. The summed E-state index contributed by atoms with van der Waals surface area (Å²) in [6, 6.07) is 17.7. The minimum absolute atomic E-state index is 0.0276. The van der Waals surface area contributed by atoms with Gasteiger partial charge in [0.15, 0.2) is 0 Å². The minimum atomic E-state index is -0.262. The van der Waals surface area contributed by atoms with Gasteiger partial charge in [-0.3, -0.25) is 10.1 Å². The molecule has 0 heterocycles. The molecule has 110 valence electrons. The molecule has 0 aliphatic rings. The monoisotopic (exact) mass is 282 g/mol. The molecule has 2 N–H and O–H groups in total. The molecule has 0 spiro atoms. The molecule has 2 rings (SSSR count). The van der Waals surface area contributed by atoms with E-state index in [0.717, 1.165) is 5.69 Å². The normalized spacial score (nSPS) is 13.5. The van der Waals surface area contributed by atoms with Gasteiger partial charge in [-0.05, 0) is 38.5 Å². The summed E-state index contributed by atoms with van der Waals surface area (Å²) < 4.78 is 0. The second kappa shape index (κ2) is 7.04. The predicted molar refractivity (Wildman–Crippen MR) is 87.3 cm³/mol. The number of benzene rings is 2. The Morgan fingerprint density at radius 1 is 0.952 bits per heavy atom. The Morgan fingerprint density at radius 2 is 1.57 bits per heavy atom. The Kier molecular flexibility index (Phi) is 5.12. The molecule has 0 fully saturated rings. The lowest BCUT2D eigenvalue weighted by Crippen LogP contribution is -2.39. The van der Waals surface area contributed by atoms with E-state index in [0.29, 0.717) is 0 Å². The maximum atomic E-state index is 12.2. The lowest BCUT2D eigenvalue weighted by molar-refractivity contribution is -0.117. The zero-order chi connectivity index (χ0) is 15.2. The fourth-order valence-corrected chi connectivity index (χ4v) is 2.17. The fraction of sp³-hybridized carbons (Fsp3) is 0.278. The largest absolute Gasteiger partial charge is 0.325 e. The Balaban J connectivity index is 1.92. The van der Waals surface area contributed by atoms with E-state index >= 15 is 0 Å². The van der Waals surface area contributed by atoms with Gasteiger partial charge in [0.2, 0.25) is 5.91 Å². The Bertz CT molecular complexity index is 578. The average Bonchev–Trinajstić information content (AvgIpc) is 2.48. The standard InChI is InChI=1S/C18H22N2O/c1-13-9-11-16(12-10-13)14(2)19-15(3)18(21)20-17-7-5-4-6-8-17/h4-12,14-15,19H,1-3H3,(H,20,21)/t14-,15?/m1/s1. The minimum Gasteiger partial charge on any atom is -0.325 e. The van der Waals surface area contributed by atoms with Crippen LogP contribution in [0.4, 0.5) is 5.69 Å². The summed E-state index contributed by atoms with van der Waals surface area (Å²) in [5.74, 6) is -0.0276. The first-order valence-corrected chi connectivity index (χ1v) is 7.25. The number of nitrogens with one attached hydrogen (secondary N) is 2. The fourth-order valence-electron chi connectivity index (χ4n) is 2.17.